The van der Waals surface area contributed by atoms with Gasteiger partial charge in [0.2, 0.25) is 11.8 Å². The van der Waals surface area contributed by atoms with Crippen LogP contribution < -0.4 is 5.32 Å². The summed E-state index contributed by atoms with van der Waals surface area (Å²) in [5.41, 5.74) is 1.92. The second-order valence-corrected chi connectivity index (χ2v) is 9.70. The third-order valence-electron chi connectivity index (χ3n) is 5.76. The van der Waals surface area contributed by atoms with Crippen molar-refractivity contribution in [1.82, 2.24) is 10.2 Å². The molecule has 0 saturated carbocycles. The maximum atomic E-state index is 14.5. The van der Waals surface area contributed by atoms with Crippen LogP contribution in [0.25, 0.3) is 0 Å². The molecule has 1 N–H and O–H groups in total. The summed E-state index contributed by atoms with van der Waals surface area (Å²) in [6, 6.07) is 20.7. The van der Waals surface area contributed by atoms with E-state index in [9.17, 15) is 14.0 Å². The molecular weight excluding hydrogens is 531 g/mol. The topological polar surface area (TPSA) is 49.4 Å². The fraction of sp³-hybridized carbons (Fsp3) is 0.286. The van der Waals surface area contributed by atoms with Crippen molar-refractivity contribution < 1.29 is 14.0 Å². The molecule has 4 nitrogen and oxygen atoms in total. The molecule has 0 aliphatic rings. The fourth-order valence-electron chi connectivity index (χ4n) is 3.80. The summed E-state index contributed by atoms with van der Waals surface area (Å²) in [6.45, 7) is 2.78. The maximum absolute atomic E-state index is 14.5. The van der Waals surface area contributed by atoms with Crippen LogP contribution in [0.5, 0.6) is 0 Å². The van der Waals surface area contributed by atoms with Gasteiger partial charge in [0.05, 0.1) is 6.42 Å². The normalized spacial score (nSPS) is 11.7. The lowest BCUT2D eigenvalue weighted by Crippen LogP contribution is -2.51. The van der Waals surface area contributed by atoms with Crippen molar-refractivity contribution in [3.8, 4) is 0 Å². The number of nitrogens with zero attached hydrogens (tertiary/aromatic N) is 1. The lowest BCUT2D eigenvalue weighted by Gasteiger charge is -2.32. The van der Waals surface area contributed by atoms with Crippen LogP contribution in [0.2, 0.25) is 5.02 Å². The van der Waals surface area contributed by atoms with E-state index in [0.717, 1.165) is 28.4 Å². The molecule has 3 aromatic carbocycles. The van der Waals surface area contributed by atoms with Crippen LogP contribution in [-0.4, -0.2) is 29.3 Å². The van der Waals surface area contributed by atoms with Crippen molar-refractivity contribution in [1.29, 1.82) is 0 Å². The van der Waals surface area contributed by atoms with E-state index in [4.69, 9.17) is 11.6 Å². The molecule has 0 radical (unpaired) electrons. The predicted molar refractivity (Wildman–Crippen MR) is 142 cm³/mol. The lowest BCUT2D eigenvalue weighted by molar-refractivity contribution is -0.140. The summed E-state index contributed by atoms with van der Waals surface area (Å²) < 4.78 is 15.4. The van der Waals surface area contributed by atoms with Crippen LogP contribution in [-0.2, 0) is 29.0 Å². The minimum absolute atomic E-state index is 0.129. The number of nitrogens with one attached hydrogen (secondary N) is 1. The highest BCUT2D eigenvalue weighted by atomic mass is 79.9. The molecule has 0 fully saturated rings. The second kappa shape index (κ2) is 13.4. The highest BCUT2D eigenvalue weighted by molar-refractivity contribution is 9.10. The van der Waals surface area contributed by atoms with Crippen molar-refractivity contribution in [2.75, 3.05) is 6.54 Å². The van der Waals surface area contributed by atoms with Gasteiger partial charge in [-0.25, -0.2) is 4.39 Å². The van der Waals surface area contributed by atoms with Crippen LogP contribution in [0, 0.1) is 5.82 Å². The molecule has 0 aromatic heterocycles. The summed E-state index contributed by atoms with van der Waals surface area (Å²) in [4.78, 5) is 28.6. The van der Waals surface area contributed by atoms with Crippen molar-refractivity contribution >= 4 is 39.3 Å². The van der Waals surface area contributed by atoms with Crippen LogP contribution in [0.4, 0.5) is 4.39 Å². The number of carbonyl (C=O) groups excluding carboxylic acids is 2. The molecule has 0 bridgehead atoms. The average Bonchev–Trinajstić information content (AvgIpc) is 2.85. The molecule has 1 atom stereocenters. The van der Waals surface area contributed by atoms with Gasteiger partial charge < -0.3 is 10.2 Å². The number of carbonyl (C=O) groups is 2. The van der Waals surface area contributed by atoms with Gasteiger partial charge in [-0.2, -0.15) is 0 Å². The summed E-state index contributed by atoms with van der Waals surface area (Å²) in [5.74, 6) is -1.14. The van der Waals surface area contributed by atoms with E-state index in [-0.39, 0.29) is 35.4 Å². The van der Waals surface area contributed by atoms with E-state index in [1.165, 1.54) is 12.1 Å². The number of rotatable bonds is 11. The number of amides is 2. The Morgan fingerprint density at radius 1 is 1.00 bits per heavy atom. The number of hydrogen-bond donors (Lipinski definition) is 1. The molecule has 2 amide bonds. The Kier molecular flexibility index (Phi) is 10.3. The highest BCUT2D eigenvalue weighted by Gasteiger charge is 2.31. The monoisotopic (exact) mass is 558 g/mol. The largest absolute Gasteiger partial charge is 0.354 e. The summed E-state index contributed by atoms with van der Waals surface area (Å²) in [5, 5.41) is 3.17. The van der Waals surface area contributed by atoms with Gasteiger partial charge in [0.1, 0.15) is 11.9 Å². The Morgan fingerprint density at radius 2 is 1.71 bits per heavy atom. The van der Waals surface area contributed by atoms with Gasteiger partial charge in [0.15, 0.2) is 0 Å². The second-order valence-electron chi connectivity index (χ2n) is 8.38. The van der Waals surface area contributed by atoms with Crippen LogP contribution in [0.1, 0.15) is 36.5 Å². The minimum atomic E-state index is -0.768. The van der Waals surface area contributed by atoms with Crippen LogP contribution in [0.3, 0.4) is 0 Å². The first-order valence-corrected chi connectivity index (χ1v) is 12.8. The molecule has 3 rings (SSSR count). The quantitative estimate of drug-likeness (QED) is 0.279. The van der Waals surface area contributed by atoms with Crippen molar-refractivity contribution in [2.24, 2.45) is 0 Å². The first-order valence-electron chi connectivity index (χ1n) is 11.7. The van der Waals surface area contributed by atoms with E-state index in [1.807, 2.05) is 54.6 Å². The summed E-state index contributed by atoms with van der Waals surface area (Å²) in [7, 11) is 0. The van der Waals surface area contributed by atoms with Gasteiger partial charge in [0.25, 0.3) is 0 Å². The molecule has 0 heterocycles. The van der Waals surface area contributed by atoms with E-state index < -0.39 is 11.9 Å². The summed E-state index contributed by atoms with van der Waals surface area (Å²) in [6.07, 6.45) is 1.88. The van der Waals surface area contributed by atoms with Crippen LogP contribution in [0.15, 0.2) is 77.3 Å². The minimum Gasteiger partial charge on any atom is -0.354 e. The SMILES string of the molecule is CCCCNC(=O)[C@@H](Cc1ccccc1)N(Cc1ccc(Br)cc1)C(=O)Cc1c(F)cccc1Cl. The molecule has 0 saturated heterocycles. The number of benzene rings is 3. The Labute approximate surface area is 219 Å². The standard InChI is InChI=1S/C28H29BrClFN2O2/c1-2-3-16-32-28(35)26(17-20-8-5-4-6-9-20)33(19-21-12-14-22(29)15-13-21)27(34)18-23-24(30)10-7-11-25(23)31/h4-15,26H,2-3,16-19H2,1H3,(H,32,35)/t26-/m1/s1. The number of hydrogen-bond acceptors (Lipinski definition) is 2. The smallest absolute Gasteiger partial charge is 0.243 e. The third-order valence-corrected chi connectivity index (χ3v) is 6.64. The highest BCUT2D eigenvalue weighted by Crippen LogP contribution is 2.23. The first-order chi connectivity index (χ1) is 16.9. The van der Waals surface area contributed by atoms with Crippen LogP contribution >= 0.6 is 27.5 Å². The zero-order chi connectivity index (χ0) is 25.2. The molecule has 0 aliphatic heterocycles. The van der Waals surface area contributed by atoms with Gasteiger partial charge >= 0.3 is 0 Å². The molecule has 0 unspecified atom stereocenters. The Bertz CT molecular complexity index is 1110. The van der Waals surface area contributed by atoms with E-state index in [2.05, 4.69) is 28.2 Å². The number of unbranched alkanes of at least 4 members (excludes halogenated alkanes) is 1. The van der Waals surface area contributed by atoms with Crippen molar-refractivity contribution in [3.63, 3.8) is 0 Å². The molecule has 7 heteroatoms. The van der Waals surface area contributed by atoms with E-state index in [0.29, 0.717) is 13.0 Å². The van der Waals surface area contributed by atoms with Gasteiger partial charge in [-0.1, -0.05) is 89.4 Å². The van der Waals surface area contributed by atoms with E-state index >= 15 is 0 Å². The first kappa shape index (κ1) is 26.9. The molecule has 0 spiro atoms. The third kappa shape index (κ3) is 7.91. The lowest BCUT2D eigenvalue weighted by atomic mass is 10.0. The predicted octanol–water partition coefficient (Wildman–Crippen LogP) is 6.34. The van der Waals surface area contributed by atoms with Gasteiger partial charge in [0, 0.05) is 34.6 Å². The number of halogens is 3. The van der Waals surface area contributed by atoms with Crippen molar-refractivity contribution in [2.45, 2.75) is 45.2 Å². The van der Waals surface area contributed by atoms with Crippen molar-refractivity contribution in [3.05, 3.63) is 105 Å². The molecular formula is C28H29BrClFN2O2. The molecule has 0 aliphatic carbocycles. The average molecular weight is 560 g/mol. The zero-order valence-corrected chi connectivity index (χ0v) is 22.0. The molecule has 35 heavy (non-hydrogen) atoms. The fourth-order valence-corrected chi connectivity index (χ4v) is 4.29. The van der Waals surface area contributed by atoms with Gasteiger partial charge in [-0.15, -0.1) is 0 Å². The Balaban J connectivity index is 1.97. The van der Waals surface area contributed by atoms with Gasteiger partial charge in [-0.05, 0) is 41.8 Å². The summed E-state index contributed by atoms with van der Waals surface area (Å²) >= 11 is 9.65. The van der Waals surface area contributed by atoms with Gasteiger partial charge in [-0.3, -0.25) is 9.59 Å². The van der Waals surface area contributed by atoms with E-state index in [1.54, 1.807) is 11.0 Å². The maximum Gasteiger partial charge on any atom is 0.243 e. The molecule has 3 aromatic rings. The Hall–Kier alpha value is -2.70. The Morgan fingerprint density at radius 3 is 2.37 bits per heavy atom. The zero-order valence-electron chi connectivity index (χ0n) is 19.6. The molecule has 184 valence electrons.